The number of hydrogen-bond acceptors (Lipinski definition) is 4. The van der Waals surface area contributed by atoms with Crippen molar-refractivity contribution in [2.45, 2.75) is 12.8 Å². The predicted octanol–water partition coefficient (Wildman–Crippen LogP) is 2.44. The molecule has 0 radical (unpaired) electrons. The smallest absolute Gasteiger partial charge is 0.203 e. The van der Waals surface area contributed by atoms with Crippen molar-refractivity contribution in [3.8, 4) is 0 Å². The number of fused-ring (bicyclic) bond motifs is 1. The zero-order valence-corrected chi connectivity index (χ0v) is 10.1. The Morgan fingerprint density at radius 1 is 1.50 bits per heavy atom. The number of aliphatic hydroxyl groups is 1. The highest BCUT2D eigenvalue weighted by atomic mass is 35.5. The highest BCUT2D eigenvalue weighted by Crippen LogP contribution is 2.34. The number of halogens is 1. The SMILES string of the molecule is N=c1c(Cl)coc2c1CCC2=C(O)n1ccnc1. The van der Waals surface area contributed by atoms with Gasteiger partial charge in [-0.15, -0.1) is 0 Å². The molecular weight excluding hydrogens is 254 g/mol. The highest BCUT2D eigenvalue weighted by molar-refractivity contribution is 6.30. The van der Waals surface area contributed by atoms with Crippen LogP contribution in [0.15, 0.2) is 29.4 Å². The Balaban J connectivity index is 2.19. The second-order valence-electron chi connectivity index (χ2n) is 4.04. The standard InChI is InChI=1S/C12H10ClN3O2/c13-9-5-18-11-7(10(9)14)1-2-8(11)12(17)16-4-3-15-6-16/h3-6,14,17H,1-2H2. The van der Waals surface area contributed by atoms with Crippen LogP contribution in [0.5, 0.6) is 0 Å². The van der Waals surface area contributed by atoms with Gasteiger partial charge in [-0.05, 0) is 12.8 Å². The molecule has 6 heteroatoms. The van der Waals surface area contributed by atoms with Crippen molar-refractivity contribution in [3.05, 3.63) is 46.7 Å². The number of imidazole rings is 1. The second-order valence-corrected chi connectivity index (χ2v) is 4.45. The molecule has 0 bridgehead atoms. The lowest BCUT2D eigenvalue weighted by molar-refractivity contribution is 0.468. The third kappa shape index (κ3) is 1.55. The first-order chi connectivity index (χ1) is 8.68. The highest BCUT2D eigenvalue weighted by Gasteiger charge is 2.25. The van der Waals surface area contributed by atoms with E-state index in [-0.39, 0.29) is 16.3 Å². The molecule has 0 amide bonds. The number of allylic oxidation sites excluding steroid dienone is 1. The Kier molecular flexibility index (Phi) is 2.48. The maximum absolute atomic E-state index is 10.2. The maximum atomic E-state index is 10.2. The Bertz CT molecular complexity index is 686. The van der Waals surface area contributed by atoms with E-state index < -0.39 is 0 Å². The Morgan fingerprint density at radius 2 is 2.33 bits per heavy atom. The number of rotatable bonds is 1. The summed E-state index contributed by atoms with van der Waals surface area (Å²) in [6.45, 7) is 0. The van der Waals surface area contributed by atoms with Gasteiger partial charge in [-0.1, -0.05) is 11.6 Å². The quantitative estimate of drug-likeness (QED) is 0.776. The summed E-state index contributed by atoms with van der Waals surface area (Å²) in [6.07, 6.45) is 7.34. The van der Waals surface area contributed by atoms with Crippen LogP contribution >= 0.6 is 11.6 Å². The molecule has 0 saturated carbocycles. The average molecular weight is 264 g/mol. The number of nitrogens with zero attached hydrogens (tertiary/aromatic N) is 2. The topological polar surface area (TPSA) is 75.0 Å². The summed E-state index contributed by atoms with van der Waals surface area (Å²) >= 11 is 5.84. The summed E-state index contributed by atoms with van der Waals surface area (Å²) in [5.74, 6) is 0.618. The molecule has 0 atom stereocenters. The summed E-state index contributed by atoms with van der Waals surface area (Å²) in [5.41, 5.74) is 1.41. The van der Waals surface area contributed by atoms with Gasteiger partial charge < -0.3 is 9.52 Å². The molecule has 0 aliphatic heterocycles. The normalized spacial score (nSPS) is 16.7. The van der Waals surface area contributed by atoms with E-state index in [1.165, 1.54) is 17.2 Å². The minimum absolute atomic E-state index is 0.0803. The zero-order valence-electron chi connectivity index (χ0n) is 9.35. The number of nitrogens with one attached hydrogen (secondary N) is 1. The van der Waals surface area contributed by atoms with Crippen LogP contribution in [0.2, 0.25) is 5.02 Å². The van der Waals surface area contributed by atoms with Gasteiger partial charge in [0.05, 0.1) is 10.9 Å². The molecule has 0 saturated heterocycles. The first-order valence-electron chi connectivity index (χ1n) is 5.44. The van der Waals surface area contributed by atoms with E-state index in [0.717, 1.165) is 5.56 Å². The molecule has 18 heavy (non-hydrogen) atoms. The van der Waals surface area contributed by atoms with Crippen LogP contribution in [-0.2, 0) is 6.42 Å². The Labute approximate surface area is 107 Å². The summed E-state index contributed by atoms with van der Waals surface area (Å²) < 4.78 is 6.92. The Morgan fingerprint density at radius 3 is 3.06 bits per heavy atom. The van der Waals surface area contributed by atoms with Crippen molar-refractivity contribution in [1.29, 1.82) is 5.41 Å². The van der Waals surface area contributed by atoms with Gasteiger partial charge >= 0.3 is 0 Å². The van der Waals surface area contributed by atoms with E-state index in [4.69, 9.17) is 21.4 Å². The van der Waals surface area contributed by atoms with Crippen LogP contribution in [0.3, 0.4) is 0 Å². The summed E-state index contributed by atoms with van der Waals surface area (Å²) in [7, 11) is 0. The zero-order chi connectivity index (χ0) is 12.7. The lowest BCUT2D eigenvalue weighted by atomic mass is 10.2. The molecule has 0 spiro atoms. The van der Waals surface area contributed by atoms with Crippen molar-refractivity contribution in [2.75, 3.05) is 0 Å². The van der Waals surface area contributed by atoms with Crippen LogP contribution in [0.25, 0.3) is 11.5 Å². The summed E-state index contributed by atoms with van der Waals surface area (Å²) in [4.78, 5) is 3.88. The molecule has 0 unspecified atom stereocenters. The van der Waals surface area contributed by atoms with Crippen LogP contribution in [0.1, 0.15) is 17.7 Å². The van der Waals surface area contributed by atoms with E-state index in [1.54, 1.807) is 12.4 Å². The summed E-state index contributed by atoms with van der Waals surface area (Å²) in [6, 6.07) is 0. The lowest BCUT2D eigenvalue weighted by Crippen LogP contribution is -2.08. The summed E-state index contributed by atoms with van der Waals surface area (Å²) in [5, 5.41) is 18.6. The molecule has 2 aromatic heterocycles. The van der Waals surface area contributed by atoms with Crippen molar-refractivity contribution in [1.82, 2.24) is 9.55 Å². The lowest BCUT2D eigenvalue weighted by Gasteiger charge is -2.05. The molecule has 1 aliphatic rings. The minimum Gasteiger partial charge on any atom is -0.494 e. The predicted molar refractivity (Wildman–Crippen MR) is 65.9 cm³/mol. The van der Waals surface area contributed by atoms with Crippen LogP contribution in [0, 0.1) is 5.41 Å². The van der Waals surface area contributed by atoms with Crippen LogP contribution in [0.4, 0.5) is 0 Å². The van der Waals surface area contributed by atoms with E-state index >= 15 is 0 Å². The van der Waals surface area contributed by atoms with Gasteiger partial charge in [-0.25, -0.2) is 4.98 Å². The van der Waals surface area contributed by atoms with Crippen molar-refractivity contribution < 1.29 is 9.52 Å². The van der Waals surface area contributed by atoms with Crippen molar-refractivity contribution in [3.63, 3.8) is 0 Å². The van der Waals surface area contributed by atoms with Crippen LogP contribution in [-0.4, -0.2) is 14.7 Å². The largest absolute Gasteiger partial charge is 0.494 e. The van der Waals surface area contributed by atoms with E-state index in [0.29, 0.717) is 24.2 Å². The molecule has 3 rings (SSSR count). The van der Waals surface area contributed by atoms with Crippen molar-refractivity contribution in [2.24, 2.45) is 0 Å². The fraction of sp³-hybridized carbons (Fsp3) is 0.167. The first-order valence-corrected chi connectivity index (χ1v) is 5.82. The molecule has 0 aromatic carbocycles. The number of aromatic nitrogens is 2. The van der Waals surface area contributed by atoms with E-state index in [1.807, 2.05) is 0 Å². The second kappa shape index (κ2) is 4.03. The maximum Gasteiger partial charge on any atom is 0.203 e. The van der Waals surface area contributed by atoms with Crippen LogP contribution < -0.4 is 5.36 Å². The fourth-order valence-corrected chi connectivity index (χ4v) is 2.27. The van der Waals surface area contributed by atoms with Crippen molar-refractivity contribution >= 4 is 23.1 Å². The molecule has 2 heterocycles. The van der Waals surface area contributed by atoms with Gasteiger partial charge in [0.2, 0.25) is 5.88 Å². The number of aliphatic hydroxyl groups excluding tert-OH is 1. The monoisotopic (exact) mass is 263 g/mol. The molecule has 5 nitrogen and oxygen atoms in total. The molecule has 92 valence electrons. The third-order valence-electron chi connectivity index (χ3n) is 3.01. The Hall–Kier alpha value is -2.01. The molecule has 2 N–H and O–H groups in total. The van der Waals surface area contributed by atoms with Gasteiger partial charge in [-0.3, -0.25) is 9.98 Å². The van der Waals surface area contributed by atoms with Gasteiger partial charge in [0.1, 0.15) is 23.4 Å². The van der Waals surface area contributed by atoms with Gasteiger partial charge in [-0.2, -0.15) is 0 Å². The third-order valence-corrected chi connectivity index (χ3v) is 3.29. The van der Waals surface area contributed by atoms with Gasteiger partial charge in [0.15, 0.2) is 0 Å². The van der Waals surface area contributed by atoms with Gasteiger partial charge in [0.25, 0.3) is 0 Å². The average Bonchev–Trinajstić information content (AvgIpc) is 3.01. The van der Waals surface area contributed by atoms with E-state index in [9.17, 15) is 5.11 Å². The van der Waals surface area contributed by atoms with E-state index in [2.05, 4.69) is 4.98 Å². The first kappa shape index (κ1) is 11.1. The number of hydrogen-bond donors (Lipinski definition) is 2. The van der Waals surface area contributed by atoms with Gasteiger partial charge in [0, 0.05) is 18.0 Å². The fourth-order valence-electron chi connectivity index (χ4n) is 2.11. The molecule has 1 aliphatic carbocycles. The molecule has 0 fully saturated rings. The minimum atomic E-state index is 0.0803. The molecule has 2 aromatic rings. The molecular formula is C12H10ClN3O2.